The maximum Gasteiger partial charge on any atom is 0.388 e. The highest BCUT2D eigenvalue weighted by Crippen LogP contribution is 2.31. The van der Waals surface area contributed by atoms with Crippen LogP contribution in [0.2, 0.25) is 0 Å². The maximum atomic E-state index is 12.1. The normalized spacial score (nSPS) is 14.2. The van der Waals surface area contributed by atoms with Crippen molar-refractivity contribution in [2.45, 2.75) is 18.9 Å². The van der Waals surface area contributed by atoms with Crippen molar-refractivity contribution >= 4 is 7.85 Å². The van der Waals surface area contributed by atoms with Crippen molar-refractivity contribution in [3.8, 4) is 0 Å². The molecule has 0 aromatic heterocycles. The lowest BCUT2D eigenvalue weighted by Crippen LogP contribution is -2.20. The van der Waals surface area contributed by atoms with E-state index in [1.54, 1.807) is 12.1 Å². The van der Waals surface area contributed by atoms with E-state index >= 15 is 0 Å². The Morgan fingerprint density at radius 1 is 1.15 bits per heavy atom. The van der Waals surface area contributed by atoms with Crippen molar-refractivity contribution in [3.05, 3.63) is 35.4 Å². The van der Waals surface area contributed by atoms with E-state index in [1.807, 2.05) is 6.92 Å². The zero-order valence-corrected chi connectivity index (χ0v) is 7.10. The third-order valence-corrected chi connectivity index (χ3v) is 1.79. The highest BCUT2D eigenvalue weighted by atomic mass is 19.4. The van der Waals surface area contributed by atoms with Crippen molar-refractivity contribution in [1.82, 2.24) is 0 Å². The average molecular weight is 184 g/mol. The number of hydrogen-bond donors (Lipinski definition) is 0. The van der Waals surface area contributed by atoms with E-state index in [1.165, 1.54) is 12.1 Å². The maximum absolute atomic E-state index is 12.1. The molecule has 0 saturated carbocycles. The third-order valence-electron chi connectivity index (χ3n) is 1.79. The summed E-state index contributed by atoms with van der Waals surface area (Å²) in [5, 5.41) is 0. The molecule has 0 bridgehead atoms. The summed E-state index contributed by atoms with van der Waals surface area (Å²) in [6.45, 7) is 1.81. The first-order valence-electron chi connectivity index (χ1n) is 3.80. The van der Waals surface area contributed by atoms with Crippen LogP contribution in [0.1, 0.15) is 16.9 Å². The zero-order chi connectivity index (χ0) is 10.1. The Hall–Kier alpha value is -0.925. The third kappa shape index (κ3) is 2.51. The van der Waals surface area contributed by atoms with Crippen molar-refractivity contribution in [2.24, 2.45) is 0 Å². The predicted molar refractivity (Wildman–Crippen MR) is 45.7 cm³/mol. The molecule has 0 amide bonds. The number of halogens is 3. The molecule has 0 aliphatic rings. The van der Waals surface area contributed by atoms with Gasteiger partial charge in [-0.15, -0.1) is 0 Å². The van der Waals surface area contributed by atoms with Crippen LogP contribution in [-0.2, 0) is 0 Å². The number of rotatable bonds is 1. The summed E-state index contributed by atoms with van der Waals surface area (Å²) in [7, 11) is 5.00. The van der Waals surface area contributed by atoms with Gasteiger partial charge in [0, 0.05) is 5.82 Å². The molecule has 0 heterocycles. The molecule has 0 aliphatic heterocycles. The van der Waals surface area contributed by atoms with Crippen molar-refractivity contribution in [2.75, 3.05) is 0 Å². The summed E-state index contributed by atoms with van der Waals surface area (Å²) < 4.78 is 36.3. The van der Waals surface area contributed by atoms with Gasteiger partial charge in [0.05, 0.1) is 7.85 Å². The van der Waals surface area contributed by atoms with E-state index in [4.69, 9.17) is 7.85 Å². The van der Waals surface area contributed by atoms with Crippen LogP contribution in [0.4, 0.5) is 13.2 Å². The Morgan fingerprint density at radius 3 is 2.00 bits per heavy atom. The molecule has 0 N–H and O–H groups in total. The Morgan fingerprint density at radius 2 is 1.62 bits per heavy atom. The number of alkyl halides is 3. The summed E-state index contributed by atoms with van der Waals surface area (Å²) >= 11 is 0. The van der Waals surface area contributed by atoms with Gasteiger partial charge >= 0.3 is 6.18 Å². The molecule has 1 unspecified atom stereocenters. The predicted octanol–water partition coefficient (Wildman–Crippen LogP) is 2.77. The molecule has 0 saturated heterocycles. The summed E-state index contributed by atoms with van der Waals surface area (Å²) in [4.78, 5) is 0. The highest BCUT2D eigenvalue weighted by Gasteiger charge is 2.36. The van der Waals surface area contributed by atoms with Crippen LogP contribution < -0.4 is 0 Å². The summed E-state index contributed by atoms with van der Waals surface area (Å²) in [6.07, 6.45) is -4.37. The Labute approximate surface area is 76.2 Å². The quantitative estimate of drug-likeness (QED) is 0.588. The van der Waals surface area contributed by atoms with Crippen molar-refractivity contribution in [3.63, 3.8) is 0 Å². The van der Waals surface area contributed by atoms with Gasteiger partial charge in [0.15, 0.2) is 0 Å². The van der Waals surface area contributed by atoms with Gasteiger partial charge in [0.2, 0.25) is 0 Å². The number of benzene rings is 1. The minimum atomic E-state index is -4.37. The van der Waals surface area contributed by atoms with Crippen LogP contribution in [-0.4, -0.2) is 14.0 Å². The lowest BCUT2D eigenvalue weighted by molar-refractivity contribution is -0.131. The molecular formula is C9H8BF3. The molecule has 0 fully saturated rings. The monoisotopic (exact) mass is 184 g/mol. The van der Waals surface area contributed by atoms with Crippen molar-refractivity contribution in [1.29, 1.82) is 0 Å². The molecule has 0 spiro atoms. The molecule has 0 aliphatic carbocycles. The van der Waals surface area contributed by atoms with Crippen LogP contribution in [0, 0.1) is 6.92 Å². The van der Waals surface area contributed by atoms with E-state index in [0.717, 1.165) is 5.56 Å². The van der Waals surface area contributed by atoms with E-state index < -0.39 is 12.0 Å². The van der Waals surface area contributed by atoms with Gasteiger partial charge in [0.25, 0.3) is 0 Å². The highest BCUT2D eigenvalue weighted by molar-refractivity contribution is 6.13. The average Bonchev–Trinajstić information content (AvgIpc) is 2.03. The standard InChI is InChI=1S/C9H8BF3/c1-6-2-4-7(5-3-6)8(10)9(11,12)13/h2-5,8H,1H3. The fourth-order valence-electron chi connectivity index (χ4n) is 0.963. The largest absolute Gasteiger partial charge is 0.388 e. The Balaban J connectivity index is 2.90. The van der Waals surface area contributed by atoms with E-state index in [-0.39, 0.29) is 5.56 Å². The first-order valence-corrected chi connectivity index (χ1v) is 3.80. The van der Waals surface area contributed by atoms with Crippen LogP contribution >= 0.6 is 0 Å². The van der Waals surface area contributed by atoms with Gasteiger partial charge < -0.3 is 0 Å². The van der Waals surface area contributed by atoms with Crippen LogP contribution in [0.5, 0.6) is 0 Å². The lowest BCUT2D eigenvalue weighted by Gasteiger charge is -2.16. The first-order chi connectivity index (χ1) is 5.91. The molecule has 4 heteroatoms. The minimum Gasteiger partial charge on any atom is -0.171 e. The Bertz CT molecular complexity index is 276. The Kier molecular flexibility index (Phi) is 2.69. The molecule has 1 atom stereocenters. The molecule has 1 aromatic rings. The van der Waals surface area contributed by atoms with E-state index in [9.17, 15) is 13.2 Å². The molecule has 13 heavy (non-hydrogen) atoms. The van der Waals surface area contributed by atoms with Gasteiger partial charge in [-0.1, -0.05) is 29.8 Å². The van der Waals surface area contributed by atoms with Gasteiger partial charge in [-0.3, -0.25) is 0 Å². The van der Waals surface area contributed by atoms with Gasteiger partial charge in [-0.25, -0.2) is 0 Å². The van der Waals surface area contributed by atoms with Gasteiger partial charge in [0.1, 0.15) is 0 Å². The molecule has 1 aromatic carbocycles. The molecular weight excluding hydrogens is 176 g/mol. The molecule has 2 radical (unpaired) electrons. The van der Waals surface area contributed by atoms with E-state index in [2.05, 4.69) is 0 Å². The number of hydrogen-bond acceptors (Lipinski definition) is 0. The van der Waals surface area contributed by atoms with Crippen LogP contribution in [0.15, 0.2) is 24.3 Å². The first kappa shape index (κ1) is 10.2. The molecule has 68 valence electrons. The fourth-order valence-corrected chi connectivity index (χ4v) is 0.963. The molecule has 0 nitrogen and oxygen atoms in total. The SMILES string of the molecule is [B]C(c1ccc(C)cc1)C(F)(F)F. The molecule has 1 rings (SSSR count). The smallest absolute Gasteiger partial charge is 0.171 e. The van der Waals surface area contributed by atoms with Crippen LogP contribution in [0.3, 0.4) is 0 Å². The lowest BCUT2D eigenvalue weighted by atomic mass is 9.80. The van der Waals surface area contributed by atoms with Gasteiger partial charge in [-0.2, -0.15) is 13.2 Å². The topological polar surface area (TPSA) is 0 Å². The summed E-state index contributed by atoms with van der Waals surface area (Å²) in [5.41, 5.74) is 1.01. The fraction of sp³-hybridized carbons (Fsp3) is 0.333. The second-order valence-corrected chi connectivity index (χ2v) is 2.93. The van der Waals surface area contributed by atoms with Crippen molar-refractivity contribution < 1.29 is 13.2 Å². The summed E-state index contributed by atoms with van der Waals surface area (Å²) in [6, 6.07) is 6.02. The van der Waals surface area contributed by atoms with Crippen LogP contribution in [0.25, 0.3) is 0 Å². The summed E-state index contributed by atoms with van der Waals surface area (Å²) in [5.74, 6) is -1.88. The second kappa shape index (κ2) is 3.44. The minimum absolute atomic E-state index is 0.0955. The zero-order valence-electron chi connectivity index (χ0n) is 7.10. The number of aryl methyl sites for hydroxylation is 1. The van der Waals surface area contributed by atoms with E-state index in [0.29, 0.717) is 0 Å². The van der Waals surface area contributed by atoms with Gasteiger partial charge in [-0.05, 0) is 12.5 Å². The second-order valence-electron chi connectivity index (χ2n) is 2.93.